The Morgan fingerprint density at radius 2 is 2.22 bits per heavy atom. The number of amides is 2. The number of fused-ring (bicyclic) bond motifs is 1. The van der Waals surface area contributed by atoms with Crippen molar-refractivity contribution >= 4 is 37.5 Å². The molecule has 1 aliphatic heterocycles. The SMILES string of the molecule is NS(=O)(=O)C[C@H]1CCN(C(=O)NCc2ccc3sccc3c2)C1. The van der Waals surface area contributed by atoms with Crippen LogP contribution in [0.4, 0.5) is 4.79 Å². The smallest absolute Gasteiger partial charge is 0.317 e. The van der Waals surface area contributed by atoms with Crippen molar-refractivity contribution in [3.8, 4) is 0 Å². The molecule has 1 fully saturated rings. The molecule has 0 spiro atoms. The second kappa shape index (κ2) is 6.46. The fourth-order valence-electron chi connectivity index (χ4n) is 2.90. The van der Waals surface area contributed by atoms with Gasteiger partial charge in [0.25, 0.3) is 0 Å². The summed E-state index contributed by atoms with van der Waals surface area (Å²) in [6, 6.07) is 8.03. The van der Waals surface area contributed by atoms with E-state index in [4.69, 9.17) is 5.14 Å². The maximum atomic E-state index is 12.2. The van der Waals surface area contributed by atoms with E-state index in [-0.39, 0.29) is 17.7 Å². The molecule has 8 heteroatoms. The van der Waals surface area contributed by atoms with Crippen LogP contribution in [0.25, 0.3) is 10.1 Å². The van der Waals surface area contributed by atoms with Gasteiger partial charge in [0.2, 0.25) is 10.0 Å². The number of carbonyl (C=O) groups excluding carboxylic acids is 1. The second-order valence-corrected chi connectivity index (χ2v) is 8.49. The molecule has 0 aliphatic carbocycles. The van der Waals surface area contributed by atoms with E-state index in [0.717, 1.165) is 5.56 Å². The van der Waals surface area contributed by atoms with Gasteiger partial charge in [-0.25, -0.2) is 18.4 Å². The number of thiophene rings is 1. The van der Waals surface area contributed by atoms with Crippen molar-refractivity contribution in [3.63, 3.8) is 0 Å². The van der Waals surface area contributed by atoms with Crippen LogP contribution in [0.15, 0.2) is 29.6 Å². The lowest BCUT2D eigenvalue weighted by Gasteiger charge is -2.17. The highest BCUT2D eigenvalue weighted by atomic mass is 32.2. The van der Waals surface area contributed by atoms with Gasteiger partial charge in [-0.2, -0.15) is 0 Å². The summed E-state index contributed by atoms with van der Waals surface area (Å²) in [6.07, 6.45) is 0.671. The monoisotopic (exact) mass is 353 g/mol. The van der Waals surface area contributed by atoms with Gasteiger partial charge in [0, 0.05) is 24.3 Å². The van der Waals surface area contributed by atoms with Crippen LogP contribution in [0.1, 0.15) is 12.0 Å². The highest BCUT2D eigenvalue weighted by Crippen LogP contribution is 2.22. The summed E-state index contributed by atoms with van der Waals surface area (Å²) in [5.41, 5.74) is 1.05. The molecule has 0 saturated carbocycles. The molecular weight excluding hydrogens is 334 g/mol. The minimum Gasteiger partial charge on any atom is -0.334 e. The summed E-state index contributed by atoms with van der Waals surface area (Å²) in [6.45, 7) is 1.46. The van der Waals surface area contributed by atoms with Gasteiger partial charge < -0.3 is 10.2 Å². The molecule has 1 aliphatic rings. The Morgan fingerprint density at radius 1 is 1.39 bits per heavy atom. The molecule has 3 N–H and O–H groups in total. The first kappa shape index (κ1) is 16.2. The second-order valence-electron chi connectivity index (χ2n) is 5.88. The van der Waals surface area contributed by atoms with Gasteiger partial charge in [0.05, 0.1) is 5.75 Å². The number of nitrogens with one attached hydrogen (secondary N) is 1. The van der Waals surface area contributed by atoms with E-state index in [9.17, 15) is 13.2 Å². The van der Waals surface area contributed by atoms with Crippen LogP contribution < -0.4 is 10.5 Å². The van der Waals surface area contributed by atoms with Gasteiger partial charge in [-0.3, -0.25) is 0 Å². The highest BCUT2D eigenvalue weighted by molar-refractivity contribution is 7.89. The zero-order chi connectivity index (χ0) is 16.4. The lowest BCUT2D eigenvalue weighted by atomic mass is 10.2. The van der Waals surface area contributed by atoms with Gasteiger partial charge in [-0.15, -0.1) is 11.3 Å². The van der Waals surface area contributed by atoms with Gasteiger partial charge in [0.1, 0.15) is 0 Å². The Morgan fingerprint density at radius 3 is 3.00 bits per heavy atom. The molecule has 1 aromatic heterocycles. The molecule has 0 radical (unpaired) electrons. The molecule has 2 aromatic rings. The zero-order valence-corrected chi connectivity index (χ0v) is 14.2. The third-order valence-corrected chi connectivity index (χ3v) is 5.84. The van der Waals surface area contributed by atoms with Crippen LogP contribution in [0.5, 0.6) is 0 Å². The van der Waals surface area contributed by atoms with E-state index in [1.807, 2.05) is 11.4 Å². The molecule has 2 amide bonds. The van der Waals surface area contributed by atoms with E-state index < -0.39 is 10.0 Å². The third kappa shape index (κ3) is 4.21. The Bertz CT molecular complexity index is 816. The fraction of sp³-hybridized carbons (Fsp3) is 0.400. The lowest BCUT2D eigenvalue weighted by molar-refractivity contribution is 0.207. The number of sulfonamides is 1. The summed E-state index contributed by atoms with van der Waals surface area (Å²) >= 11 is 1.69. The van der Waals surface area contributed by atoms with Crippen LogP contribution in [0, 0.1) is 5.92 Å². The predicted molar refractivity (Wildman–Crippen MR) is 91.7 cm³/mol. The minimum atomic E-state index is -3.48. The van der Waals surface area contributed by atoms with Crippen LogP contribution in [0.2, 0.25) is 0 Å². The number of rotatable bonds is 4. The Labute approximate surface area is 139 Å². The minimum absolute atomic E-state index is 0.0639. The lowest BCUT2D eigenvalue weighted by Crippen LogP contribution is -2.38. The molecule has 1 aromatic carbocycles. The number of hydrogen-bond acceptors (Lipinski definition) is 4. The van der Waals surface area contributed by atoms with Crippen molar-refractivity contribution in [2.45, 2.75) is 13.0 Å². The van der Waals surface area contributed by atoms with Crippen molar-refractivity contribution in [2.24, 2.45) is 11.1 Å². The Kier molecular flexibility index (Phi) is 4.56. The molecule has 0 bridgehead atoms. The third-order valence-electron chi connectivity index (χ3n) is 4.00. The van der Waals surface area contributed by atoms with E-state index >= 15 is 0 Å². The largest absolute Gasteiger partial charge is 0.334 e. The van der Waals surface area contributed by atoms with Crippen molar-refractivity contribution in [2.75, 3.05) is 18.8 Å². The first-order valence-electron chi connectivity index (χ1n) is 7.40. The fourth-order valence-corrected chi connectivity index (χ4v) is 4.60. The molecule has 3 rings (SSSR count). The molecule has 1 atom stereocenters. The van der Waals surface area contributed by atoms with Crippen molar-refractivity contribution in [1.29, 1.82) is 0 Å². The molecular formula is C15H19N3O3S2. The standard InChI is InChI=1S/C15H19N3O3S2/c16-23(20,21)10-12-3-5-18(9-12)15(19)17-8-11-1-2-14-13(7-11)4-6-22-14/h1-2,4,6-7,12H,3,5,8-10H2,(H,17,19)(H2,16,20,21)/t12-/m0/s1. The molecule has 1 saturated heterocycles. The van der Waals surface area contributed by atoms with Crippen LogP contribution >= 0.6 is 11.3 Å². The maximum absolute atomic E-state index is 12.2. The summed E-state index contributed by atoms with van der Waals surface area (Å²) in [5, 5.41) is 11.2. The Balaban J connectivity index is 1.53. The van der Waals surface area contributed by atoms with Gasteiger partial charge in [-0.05, 0) is 46.9 Å². The highest BCUT2D eigenvalue weighted by Gasteiger charge is 2.28. The van der Waals surface area contributed by atoms with E-state index in [2.05, 4.69) is 23.5 Å². The van der Waals surface area contributed by atoms with Crippen molar-refractivity contribution in [1.82, 2.24) is 10.2 Å². The average Bonchev–Trinajstić information content (AvgIpc) is 3.11. The molecule has 0 unspecified atom stereocenters. The summed E-state index contributed by atoms with van der Waals surface area (Å²) in [4.78, 5) is 13.8. The zero-order valence-electron chi connectivity index (χ0n) is 12.6. The van der Waals surface area contributed by atoms with Crippen LogP contribution in [-0.2, 0) is 16.6 Å². The van der Waals surface area contributed by atoms with Crippen LogP contribution in [-0.4, -0.2) is 38.2 Å². The molecule has 6 nitrogen and oxygen atoms in total. The Hall–Kier alpha value is -1.64. The molecule has 124 valence electrons. The summed E-state index contributed by atoms with van der Waals surface area (Å²) in [7, 11) is -3.48. The summed E-state index contributed by atoms with van der Waals surface area (Å²) in [5.74, 6) is -0.135. The number of benzene rings is 1. The van der Waals surface area contributed by atoms with Crippen LogP contribution in [0.3, 0.4) is 0 Å². The number of likely N-dealkylation sites (tertiary alicyclic amines) is 1. The first-order chi connectivity index (χ1) is 10.9. The predicted octanol–water partition coefficient (Wildman–Crippen LogP) is 1.72. The first-order valence-corrected chi connectivity index (χ1v) is 9.99. The van der Waals surface area contributed by atoms with Gasteiger partial charge >= 0.3 is 6.03 Å². The quantitative estimate of drug-likeness (QED) is 0.876. The number of urea groups is 1. The van der Waals surface area contributed by atoms with Gasteiger partial charge in [-0.1, -0.05) is 6.07 Å². The average molecular weight is 353 g/mol. The molecule has 23 heavy (non-hydrogen) atoms. The topological polar surface area (TPSA) is 92.5 Å². The van der Waals surface area contributed by atoms with E-state index in [1.165, 1.54) is 10.1 Å². The summed E-state index contributed by atoms with van der Waals surface area (Å²) < 4.78 is 23.5. The normalized spacial score (nSPS) is 18.5. The van der Waals surface area contributed by atoms with E-state index in [0.29, 0.717) is 26.1 Å². The van der Waals surface area contributed by atoms with Gasteiger partial charge in [0.15, 0.2) is 0 Å². The number of carbonyl (C=O) groups is 1. The van der Waals surface area contributed by atoms with Crippen molar-refractivity contribution in [3.05, 3.63) is 35.2 Å². The maximum Gasteiger partial charge on any atom is 0.317 e. The van der Waals surface area contributed by atoms with Crippen molar-refractivity contribution < 1.29 is 13.2 Å². The van der Waals surface area contributed by atoms with E-state index in [1.54, 1.807) is 16.2 Å². The number of hydrogen-bond donors (Lipinski definition) is 2. The number of nitrogens with zero attached hydrogens (tertiary/aromatic N) is 1. The number of primary sulfonamides is 1. The number of nitrogens with two attached hydrogens (primary N) is 1. The molecule has 2 heterocycles.